The molecule has 0 amide bonds. The first-order valence-corrected chi connectivity index (χ1v) is 3.29. The highest BCUT2D eigenvalue weighted by atomic mass is 32.2. The number of carbonyl (C=O) groups is 2. The van der Waals surface area contributed by atoms with E-state index in [0.29, 0.717) is 0 Å². The standard InChI is InChI=1S/C3H4O5S/c1-3(5)9(6,7)8-2-4/h2H,1H3. The van der Waals surface area contributed by atoms with Gasteiger partial charge >= 0.3 is 16.6 Å². The van der Waals surface area contributed by atoms with Crippen molar-refractivity contribution < 1.29 is 22.2 Å². The molecule has 0 saturated carbocycles. The fourth-order valence-electron chi connectivity index (χ4n) is 0.119. The van der Waals surface area contributed by atoms with Crippen LogP contribution in [0.2, 0.25) is 0 Å². The Kier molecular flexibility index (Phi) is 2.32. The molecule has 9 heavy (non-hydrogen) atoms. The summed E-state index contributed by atoms with van der Waals surface area (Å²) in [5, 5.41) is -1.19. The number of hydrogen-bond acceptors (Lipinski definition) is 5. The summed E-state index contributed by atoms with van der Waals surface area (Å²) in [4.78, 5) is 19.4. The molecular weight excluding hydrogens is 148 g/mol. The molecule has 0 saturated heterocycles. The van der Waals surface area contributed by atoms with Gasteiger partial charge in [-0.05, 0) is 0 Å². The summed E-state index contributed by atoms with van der Waals surface area (Å²) in [6.07, 6.45) is 0. The third-order valence-corrected chi connectivity index (χ3v) is 1.55. The molecule has 0 unspecified atom stereocenters. The van der Waals surface area contributed by atoms with Gasteiger partial charge in [-0.15, -0.1) is 0 Å². The summed E-state index contributed by atoms with van der Waals surface area (Å²) in [7, 11) is -4.26. The van der Waals surface area contributed by atoms with Crippen molar-refractivity contribution in [2.24, 2.45) is 0 Å². The zero-order valence-electron chi connectivity index (χ0n) is 4.53. The highest BCUT2D eigenvalue weighted by Crippen LogP contribution is 1.89. The van der Waals surface area contributed by atoms with Crippen molar-refractivity contribution in [2.45, 2.75) is 6.92 Å². The molecule has 0 aromatic heterocycles. The number of carbonyl (C=O) groups excluding carboxylic acids is 2. The smallest absolute Gasteiger partial charge is 0.343 e. The molecular formula is C3H4O5S. The van der Waals surface area contributed by atoms with Crippen molar-refractivity contribution in [3.63, 3.8) is 0 Å². The molecule has 0 fully saturated rings. The fraction of sp³-hybridized carbons (Fsp3) is 0.333. The van der Waals surface area contributed by atoms with Crippen LogP contribution >= 0.6 is 0 Å². The van der Waals surface area contributed by atoms with Gasteiger partial charge in [0.05, 0.1) is 0 Å². The molecule has 0 atom stereocenters. The monoisotopic (exact) mass is 152 g/mol. The summed E-state index contributed by atoms with van der Waals surface area (Å²) < 4.78 is 23.7. The van der Waals surface area contributed by atoms with E-state index >= 15 is 0 Å². The van der Waals surface area contributed by atoms with Crippen molar-refractivity contribution >= 4 is 21.7 Å². The van der Waals surface area contributed by atoms with Gasteiger partial charge in [0.15, 0.2) is 0 Å². The van der Waals surface area contributed by atoms with Crippen molar-refractivity contribution in [3.8, 4) is 0 Å². The van der Waals surface area contributed by atoms with Crippen molar-refractivity contribution in [1.82, 2.24) is 0 Å². The minimum Gasteiger partial charge on any atom is -0.343 e. The average Bonchev–Trinajstić information content (AvgIpc) is 1.65. The largest absolute Gasteiger partial charge is 0.375 e. The minimum absolute atomic E-state index is 0.309. The predicted octanol–water partition coefficient (Wildman–Crippen LogP) is -0.964. The Morgan fingerprint density at radius 3 is 2.11 bits per heavy atom. The molecule has 0 aliphatic rings. The van der Waals surface area contributed by atoms with E-state index < -0.39 is 15.2 Å². The lowest BCUT2D eigenvalue weighted by atomic mass is 10.9. The van der Waals surface area contributed by atoms with Gasteiger partial charge in [-0.2, -0.15) is 8.42 Å². The zero-order valence-corrected chi connectivity index (χ0v) is 5.34. The topological polar surface area (TPSA) is 77.5 Å². The minimum atomic E-state index is -4.26. The third kappa shape index (κ3) is 2.22. The number of rotatable bonds is 2. The van der Waals surface area contributed by atoms with E-state index in [1.54, 1.807) is 0 Å². The van der Waals surface area contributed by atoms with Crippen LogP contribution in [0.25, 0.3) is 0 Å². The summed E-state index contributed by atoms with van der Waals surface area (Å²) >= 11 is 0. The molecule has 0 spiro atoms. The molecule has 0 aromatic carbocycles. The Morgan fingerprint density at radius 2 is 2.00 bits per heavy atom. The second-order valence-corrected chi connectivity index (χ2v) is 2.81. The van der Waals surface area contributed by atoms with Gasteiger partial charge in [0.1, 0.15) is 0 Å². The molecule has 5 nitrogen and oxygen atoms in total. The molecule has 0 heterocycles. The van der Waals surface area contributed by atoms with Crippen LogP contribution < -0.4 is 0 Å². The first-order valence-electron chi connectivity index (χ1n) is 1.88. The van der Waals surface area contributed by atoms with Crippen LogP contribution in [0, 0.1) is 0 Å². The van der Waals surface area contributed by atoms with E-state index in [1.165, 1.54) is 0 Å². The first kappa shape index (κ1) is 8.09. The van der Waals surface area contributed by atoms with E-state index in [9.17, 15) is 18.0 Å². The van der Waals surface area contributed by atoms with Crippen molar-refractivity contribution in [1.29, 1.82) is 0 Å². The highest BCUT2D eigenvalue weighted by Gasteiger charge is 2.16. The fourth-order valence-corrected chi connectivity index (χ4v) is 0.358. The van der Waals surface area contributed by atoms with Crippen LogP contribution in [0.5, 0.6) is 0 Å². The zero-order chi connectivity index (χ0) is 7.49. The number of hydrogen-bond donors (Lipinski definition) is 0. The molecule has 0 aromatic rings. The summed E-state index contributed by atoms with van der Waals surface area (Å²) in [5.74, 6) is 0. The Hall–Kier alpha value is -0.910. The Bertz CT molecular complexity index is 212. The quantitative estimate of drug-likeness (QED) is 0.376. The molecule has 0 aliphatic heterocycles. The van der Waals surface area contributed by atoms with Gasteiger partial charge in [0.25, 0.3) is 5.12 Å². The van der Waals surface area contributed by atoms with E-state index in [4.69, 9.17) is 0 Å². The first-order chi connectivity index (χ1) is 4.00. The van der Waals surface area contributed by atoms with E-state index in [0.717, 1.165) is 6.92 Å². The average molecular weight is 152 g/mol. The molecule has 52 valence electrons. The lowest BCUT2D eigenvalue weighted by Crippen LogP contribution is -2.12. The van der Waals surface area contributed by atoms with Crippen LogP contribution in [0.15, 0.2) is 0 Å². The third-order valence-electron chi connectivity index (χ3n) is 0.518. The predicted molar refractivity (Wildman–Crippen MR) is 26.7 cm³/mol. The molecule has 0 radical (unpaired) electrons. The lowest BCUT2D eigenvalue weighted by Gasteiger charge is -1.90. The normalized spacial score (nSPS) is 10.3. The Labute approximate surface area is 51.7 Å². The highest BCUT2D eigenvalue weighted by molar-refractivity contribution is 8.02. The van der Waals surface area contributed by atoms with E-state index in [-0.39, 0.29) is 6.47 Å². The van der Waals surface area contributed by atoms with Gasteiger partial charge in [-0.3, -0.25) is 9.59 Å². The van der Waals surface area contributed by atoms with Gasteiger partial charge in [-0.1, -0.05) is 0 Å². The maximum Gasteiger partial charge on any atom is 0.375 e. The van der Waals surface area contributed by atoms with Crippen molar-refractivity contribution in [3.05, 3.63) is 0 Å². The Balaban J connectivity index is 4.41. The molecule has 6 heteroatoms. The molecule has 0 bridgehead atoms. The van der Waals surface area contributed by atoms with Gasteiger partial charge in [0, 0.05) is 6.92 Å². The maximum atomic E-state index is 10.1. The Morgan fingerprint density at radius 1 is 1.56 bits per heavy atom. The van der Waals surface area contributed by atoms with Gasteiger partial charge in [-0.25, -0.2) is 0 Å². The van der Waals surface area contributed by atoms with Crippen LogP contribution in [0.4, 0.5) is 0 Å². The second-order valence-electron chi connectivity index (χ2n) is 1.14. The van der Waals surface area contributed by atoms with Crippen LogP contribution in [0.1, 0.15) is 6.92 Å². The molecule has 0 aliphatic carbocycles. The summed E-state index contributed by atoms with van der Waals surface area (Å²) in [6.45, 7) is 0.482. The van der Waals surface area contributed by atoms with E-state index in [1.807, 2.05) is 0 Å². The van der Waals surface area contributed by atoms with Gasteiger partial charge < -0.3 is 4.18 Å². The van der Waals surface area contributed by atoms with Crippen molar-refractivity contribution in [2.75, 3.05) is 0 Å². The molecule has 0 rings (SSSR count). The van der Waals surface area contributed by atoms with Crippen LogP contribution in [-0.2, 0) is 23.9 Å². The summed E-state index contributed by atoms with van der Waals surface area (Å²) in [6, 6.07) is 0. The lowest BCUT2D eigenvalue weighted by molar-refractivity contribution is -0.121. The second kappa shape index (κ2) is 2.58. The molecule has 0 N–H and O–H groups in total. The van der Waals surface area contributed by atoms with Crippen LogP contribution in [0.3, 0.4) is 0 Å². The SMILES string of the molecule is CC(=O)S(=O)(=O)OC=O. The maximum absolute atomic E-state index is 10.1. The van der Waals surface area contributed by atoms with E-state index in [2.05, 4.69) is 4.18 Å². The summed E-state index contributed by atoms with van der Waals surface area (Å²) in [5.41, 5.74) is 0. The van der Waals surface area contributed by atoms with Crippen LogP contribution in [-0.4, -0.2) is 20.0 Å². The van der Waals surface area contributed by atoms with Gasteiger partial charge in [0.2, 0.25) is 0 Å².